The second-order valence-corrected chi connectivity index (χ2v) is 13.7. The zero-order valence-corrected chi connectivity index (χ0v) is 29.0. The summed E-state index contributed by atoms with van der Waals surface area (Å²) in [5.41, 5.74) is 7.69. The van der Waals surface area contributed by atoms with Crippen LogP contribution in [0.4, 0.5) is 14.6 Å². The Kier molecular flexibility index (Phi) is 11.4. The molecular weight excluding hydrogens is 560 g/mol. The van der Waals surface area contributed by atoms with E-state index in [1.807, 2.05) is 44.2 Å². The Morgan fingerprint density at radius 2 is 1.62 bits per heavy atom. The van der Waals surface area contributed by atoms with Crippen LogP contribution in [0.25, 0.3) is 17.0 Å². The molecule has 0 amide bonds. The molecule has 0 bridgehead atoms. The molecule has 2 N–H and O–H groups in total. The normalized spacial score (nSPS) is 19.2. The van der Waals surface area contributed by atoms with Gasteiger partial charge in [-0.05, 0) is 79.2 Å². The van der Waals surface area contributed by atoms with Gasteiger partial charge in [0.2, 0.25) is 5.92 Å². The Bertz CT molecular complexity index is 1450. The first-order valence-electron chi connectivity index (χ1n) is 16.5. The van der Waals surface area contributed by atoms with Crippen molar-refractivity contribution in [2.45, 2.75) is 99.8 Å². The third kappa shape index (κ3) is 8.42. The molecule has 244 valence electrons. The summed E-state index contributed by atoms with van der Waals surface area (Å²) in [6, 6.07) is 12.4. The Hall–Kier alpha value is -3.47. The van der Waals surface area contributed by atoms with Crippen molar-refractivity contribution in [3.8, 4) is 11.3 Å². The van der Waals surface area contributed by atoms with E-state index in [1.54, 1.807) is 0 Å². The number of halogens is 2. The van der Waals surface area contributed by atoms with Gasteiger partial charge in [-0.2, -0.15) is 0 Å². The predicted octanol–water partition coefficient (Wildman–Crippen LogP) is 11.7. The van der Waals surface area contributed by atoms with E-state index in [4.69, 9.17) is 4.98 Å². The molecule has 5 heteroatoms. The van der Waals surface area contributed by atoms with Gasteiger partial charge in [-0.25, -0.2) is 13.8 Å². The van der Waals surface area contributed by atoms with Crippen LogP contribution in [0.5, 0.6) is 0 Å². The first-order valence-corrected chi connectivity index (χ1v) is 16.5. The van der Waals surface area contributed by atoms with Gasteiger partial charge in [0, 0.05) is 41.8 Å². The summed E-state index contributed by atoms with van der Waals surface area (Å²) in [6.45, 7) is 30.9. The van der Waals surface area contributed by atoms with Gasteiger partial charge in [-0.3, -0.25) is 0 Å². The molecule has 4 rings (SSSR count). The highest BCUT2D eigenvalue weighted by atomic mass is 19.3. The van der Waals surface area contributed by atoms with Crippen molar-refractivity contribution < 1.29 is 8.78 Å². The second kappa shape index (κ2) is 14.3. The summed E-state index contributed by atoms with van der Waals surface area (Å²) < 4.78 is 28.1. The monoisotopic (exact) mass is 615 g/mol. The number of aryl methyl sites for hydroxylation is 1. The molecule has 1 aromatic heterocycles. The number of nitrogens with zero attached hydrogens (tertiary/aromatic N) is 1. The number of alkyl halides is 2. The van der Waals surface area contributed by atoms with Crippen LogP contribution in [0, 0.1) is 23.2 Å². The Morgan fingerprint density at radius 3 is 2.27 bits per heavy atom. The fourth-order valence-electron chi connectivity index (χ4n) is 5.63. The summed E-state index contributed by atoms with van der Waals surface area (Å²) in [7, 11) is 0. The highest BCUT2D eigenvalue weighted by Crippen LogP contribution is 2.57. The molecule has 0 atom stereocenters. The number of benzene rings is 1. The van der Waals surface area contributed by atoms with Gasteiger partial charge in [0.25, 0.3) is 0 Å². The maximum Gasteiger partial charge on any atom is 0.248 e. The van der Waals surface area contributed by atoms with Crippen molar-refractivity contribution in [2.75, 3.05) is 11.9 Å². The molecule has 2 aromatic rings. The molecule has 0 unspecified atom stereocenters. The van der Waals surface area contributed by atoms with Gasteiger partial charge in [-0.15, -0.1) is 0 Å². The zero-order chi connectivity index (χ0) is 33.6. The molecule has 3 nitrogen and oxygen atoms in total. The lowest BCUT2D eigenvalue weighted by molar-refractivity contribution is -0.0141. The number of rotatable bonds is 11. The Labute approximate surface area is 271 Å². The van der Waals surface area contributed by atoms with Crippen LogP contribution < -0.4 is 10.6 Å². The molecule has 1 heterocycles. The number of hydrogen-bond donors (Lipinski definition) is 2. The van der Waals surface area contributed by atoms with Gasteiger partial charge >= 0.3 is 0 Å². The average molecular weight is 616 g/mol. The minimum Gasteiger partial charge on any atom is -0.384 e. The maximum atomic E-state index is 14.0. The van der Waals surface area contributed by atoms with Crippen molar-refractivity contribution in [3.63, 3.8) is 0 Å². The van der Waals surface area contributed by atoms with Crippen molar-refractivity contribution >= 4 is 11.5 Å². The smallest absolute Gasteiger partial charge is 0.248 e. The number of hydrogen-bond acceptors (Lipinski definition) is 3. The Balaban J connectivity index is 0.00000271. The summed E-state index contributed by atoms with van der Waals surface area (Å²) in [6.07, 6.45) is 8.34. The minimum atomic E-state index is -2.61. The fourth-order valence-corrected chi connectivity index (χ4v) is 5.63. The summed E-state index contributed by atoms with van der Waals surface area (Å²) in [4.78, 5) is 5.01. The molecular formula is C40H55F2N3. The number of anilines is 1. The second-order valence-electron chi connectivity index (χ2n) is 13.7. The van der Waals surface area contributed by atoms with E-state index in [-0.39, 0.29) is 29.1 Å². The topological polar surface area (TPSA) is 37.0 Å². The van der Waals surface area contributed by atoms with Gasteiger partial charge in [0.1, 0.15) is 5.82 Å². The van der Waals surface area contributed by atoms with E-state index >= 15 is 0 Å². The molecule has 2 aliphatic rings. The molecule has 0 aliphatic heterocycles. The molecule has 2 aliphatic carbocycles. The first kappa shape index (κ1) is 36.0. The van der Waals surface area contributed by atoms with Crippen LogP contribution in [0.2, 0.25) is 0 Å². The molecule has 45 heavy (non-hydrogen) atoms. The van der Waals surface area contributed by atoms with E-state index in [2.05, 4.69) is 96.2 Å². The lowest BCUT2D eigenvalue weighted by Gasteiger charge is -2.43. The van der Waals surface area contributed by atoms with E-state index in [9.17, 15) is 8.78 Å². The predicted molar refractivity (Wildman–Crippen MR) is 190 cm³/mol. The van der Waals surface area contributed by atoms with Crippen LogP contribution in [0.1, 0.15) is 98.1 Å². The highest BCUT2D eigenvalue weighted by Gasteiger charge is 2.48. The number of pyridine rings is 1. The van der Waals surface area contributed by atoms with Crippen molar-refractivity contribution in [1.82, 2.24) is 10.3 Å². The third-order valence-electron chi connectivity index (χ3n) is 10.1. The number of aromatic nitrogens is 1. The Morgan fingerprint density at radius 1 is 0.956 bits per heavy atom. The van der Waals surface area contributed by atoms with Gasteiger partial charge in [0.15, 0.2) is 0 Å². The number of allylic oxidation sites excluding steroid dienone is 5. The average Bonchev–Trinajstić information content (AvgIpc) is 3.80. The lowest BCUT2D eigenvalue weighted by atomic mass is 9.64. The SMILES string of the molecule is C=C(NCC(C)(C)C(C)(C)C(=C)C)c1cccc(-c2nc(NC(=C)C3(C4=C/CCC(F)(F)CC/C=C\4)CC3)ccc2C)c1.CC. The molecule has 0 saturated heterocycles. The van der Waals surface area contributed by atoms with E-state index in [1.165, 1.54) is 0 Å². The molecule has 1 saturated carbocycles. The fraction of sp³-hybridized carbons (Fsp3) is 0.475. The third-order valence-corrected chi connectivity index (χ3v) is 10.1. The van der Waals surface area contributed by atoms with E-state index < -0.39 is 5.92 Å². The summed E-state index contributed by atoms with van der Waals surface area (Å²) in [5.74, 6) is -1.88. The number of nitrogens with one attached hydrogen (secondary N) is 2. The van der Waals surface area contributed by atoms with Crippen molar-refractivity contribution in [3.05, 3.63) is 102 Å². The molecule has 1 fully saturated rings. The van der Waals surface area contributed by atoms with Crippen LogP contribution in [-0.4, -0.2) is 17.5 Å². The van der Waals surface area contributed by atoms with Crippen LogP contribution in [0.3, 0.4) is 0 Å². The lowest BCUT2D eigenvalue weighted by Crippen LogP contribution is -2.41. The van der Waals surface area contributed by atoms with Gasteiger partial charge < -0.3 is 10.6 Å². The van der Waals surface area contributed by atoms with E-state index in [0.717, 1.165) is 70.1 Å². The first-order chi connectivity index (χ1) is 21.1. The molecule has 0 radical (unpaired) electrons. The molecule has 1 aromatic carbocycles. The maximum absolute atomic E-state index is 14.0. The molecule has 0 spiro atoms. The van der Waals surface area contributed by atoms with Crippen LogP contribution in [-0.2, 0) is 0 Å². The van der Waals surface area contributed by atoms with Crippen molar-refractivity contribution in [2.24, 2.45) is 16.2 Å². The quantitative estimate of drug-likeness (QED) is 0.247. The zero-order valence-electron chi connectivity index (χ0n) is 29.0. The van der Waals surface area contributed by atoms with Gasteiger partial charge in [-0.1, -0.05) is 109 Å². The summed E-state index contributed by atoms with van der Waals surface area (Å²) >= 11 is 0. The van der Waals surface area contributed by atoms with Crippen LogP contribution >= 0.6 is 0 Å². The highest BCUT2D eigenvalue weighted by molar-refractivity contribution is 5.72. The summed E-state index contributed by atoms with van der Waals surface area (Å²) in [5, 5.41) is 7.05. The largest absolute Gasteiger partial charge is 0.384 e. The van der Waals surface area contributed by atoms with Crippen molar-refractivity contribution in [1.29, 1.82) is 0 Å². The minimum absolute atomic E-state index is 0.0229. The van der Waals surface area contributed by atoms with Crippen LogP contribution in [0.15, 0.2) is 91.2 Å². The van der Waals surface area contributed by atoms with Gasteiger partial charge in [0.05, 0.1) is 5.69 Å². The standard InChI is InChI=1S/C38H49F2N3.C2H6/c1-26(2)36(8,9)35(6,7)25-41-28(4)30-14-12-15-31(24-30)34-27(3)18-19-33(43-34)42-29(5)37(22-23-37)32-16-10-11-20-38(39,40)21-13-17-32;1-2/h10,12,14-19,24,41H,1,4-5,11,13,20-23,25H2,2-3,6-9H3,(H,42,43);1-2H3/b16-10-,32-17+;. The van der Waals surface area contributed by atoms with E-state index in [0.29, 0.717) is 12.8 Å².